The van der Waals surface area contributed by atoms with E-state index in [9.17, 15) is 4.79 Å². The van der Waals surface area contributed by atoms with E-state index in [1.165, 1.54) is 5.32 Å². The largest absolute Gasteiger partial charge is 0.468 e. The summed E-state index contributed by atoms with van der Waals surface area (Å²) < 4.78 is 92.0. The summed E-state index contributed by atoms with van der Waals surface area (Å²) in [6.45, 7) is -3.35. The summed E-state index contributed by atoms with van der Waals surface area (Å²) in [7, 11) is -3.36. The minimum Gasteiger partial charge on any atom is -0.468 e. The lowest BCUT2D eigenvalue weighted by atomic mass is 10.1. The van der Waals surface area contributed by atoms with Gasteiger partial charge in [0, 0.05) is 11.0 Å². The van der Waals surface area contributed by atoms with Gasteiger partial charge in [-0.1, -0.05) is 6.37 Å². The molecule has 1 atom stereocenters. The van der Waals surface area contributed by atoms with E-state index < -0.39 is 44.6 Å². The van der Waals surface area contributed by atoms with Crippen molar-refractivity contribution in [2.24, 2.45) is 0 Å². The van der Waals surface area contributed by atoms with Crippen molar-refractivity contribution in [1.82, 2.24) is 5.32 Å². The Labute approximate surface area is 77.6 Å². The van der Waals surface area contributed by atoms with Crippen molar-refractivity contribution in [3.8, 4) is 0 Å². The number of ether oxygens (including phenoxy) is 1. The average Bonchev–Trinajstić information content (AvgIpc) is 2.23. The number of methoxy groups -OCH3 is 1. The van der Waals surface area contributed by atoms with Gasteiger partial charge in [-0.15, -0.1) is 0 Å². The van der Waals surface area contributed by atoms with E-state index in [4.69, 9.17) is 16.4 Å². The maximum atomic E-state index is 11.8. The fraction of sp³-hybridized carbons (Fsp3) is 0.857. The first-order valence-electron chi connectivity index (χ1n) is 8.36. The molecule has 0 amide bonds. The van der Waals surface area contributed by atoms with Crippen LogP contribution >= 0.6 is 0 Å². The van der Waals surface area contributed by atoms with Crippen LogP contribution in [-0.4, -0.2) is 25.5 Å². The van der Waals surface area contributed by atoms with Crippen LogP contribution in [0.1, 0.15) is 35.6 Å². The van der Waals surface area contributed by atoms with E-state index in [0.29, 0.717) is 0 Å². The summed E-state index contributed by atoms with van der Waals surface area (Å²) in [6.07, 6.45) is -10.8. The summed E-state index contributed by atoms with van der Waals surface area (Å²) >= 11 is 0. The van der Waals surface area contributed by atoms with E-state index in [1.807, 2.05) is 0 Å². The zero-order valence-corrected chi connectivity index (χ0v) is 4.82. The number of carbonyl (C=O) groups excluding carboxylic acids is 1. The lowest BCUT2D eigenvalue weighted by Crippen LogP contribution is -2.40. The Balaban J connectivity index is 3.47. The number of nitrogens with one attached hydrogen (secondary N) is 1. The van der Waals surface area contributed by atoms with Gasteiger partial charge >= 0.3 is 5.97 Å². The van der Waals surface area contributed by atoms with Crippen LogP contribution in [0.2, 0.25) is 0 Å². The Bertz CT molecular complexity index is 484. The molecule has 1 N–H and O–H groups in total. The predicted octanol–water partition coefficient (Wildman–Crippen LogP) is 0.302. The number of hydrogen-bond donors (Lipinski definition) is 1. The predicted molar refractivity (Wildman–Crippen MR) is 37.7 cm³/mol. The van der Waals surface area contributed by atoms with Crippen LogP contribution in [-0.2, 0) is 9.53 Å². The highest BCUT2D eigenvalue weighted by molar-refractivity contribution is 5.75. The first-order chi connectivity index (χ1) is 9.33. The summed E-state index contributed by atoms with van der Waals surface area (Å²) in [6, 6.07) is -3.51. The van der Waals surface area contributed by atoms with Gasteiger partial charge in [-0.3, -0.25) is 4.79 Å². The maximum Gasteiger partial charge on any atom is 0.322 e. The van der Waals surface area contributed by atoms with Crippen molar-refractivity contribution in [3.05, 3.63) is 0 Å². The molecule has 3 nitrogen and oxygen atoms in total. The zero-order valence-electron chi connectivity index (χ0n) is 16.8. The molecular formula is C7H13NO2. The minimum atomic E-state index is -3.65. The number of rotatable bonds is 1. The van der Waals surface area contributed by atoms with E-state index in [2.05, 4.69) is 4.74 Å². The van der Waals surface area contributed by atoms with Gasteiger partial charge < -0.3 is 10.1 Å². The smallest absolute Gasteiger partial charge is 0.322 e. The molecule has 0 spiro atoms. The van der Waals surface area contributed by atoms with Crippen molar-refractivity contribution in [3.63, 3.8) is 0 Å². The number of piperidine rings is 1. The molecule has 1 saturated heterocycles. The van der Waals surface area contributed by atoms with Gasteiger partial charge in [-0.25, -0.2) is 0 Å². The van der Waals surface area contributed by atoms with Crippen molar-refractivity contribution in [2.45, 2.75) is 25.1 Å². The lowest BCUT2D eigenvalue weighted by molar-refractivity contribution is -0.143. The van der Waals surface area contributed by atoms with Crippen LogP contribution in [0.15, 0.2) is 0 Å². The van der Waals surface area contributed by atoms with Crippen molar-refractivity contribution >= 4 is 5.97 Å². The van der Waals surface area contributed by atoms with Gasteiger partial charge in [0.15, 0.2) is 0 Å². The molecule has 1 unspecified atom stereocenters. The summed E-state index contributed by atoms with van der Waals surface area (Å²) in [5, 5.41) is 1.41. The van der Waals surface area contributed by atoms with E-state index in [1.54, 1.807) is 0 Å². The van der Waals surface area contributed by atoms with Gasteiger partial charge in [-0.2, -0.15) is 0 Å². The molecule has 1 aliphatic rings. The highest BCUT2D eigenvalue weighted by atomic mass is 16.5. The number of carbonyl (C=O) groups is 1. The first kappa shape index (κ1) is 1.46. The van der Waals surface area contributed by atoms with Gasteiger partial charge in [-0.05, 0) is 19.2 Å². The molecule has 0 radical (unpaired) electrons. The molecule has 1 aliphatic heterocycles. The fourth-order valence-electron chi connectivity index (χ4n) is 0.403. The van der Waals surface area contributed by atoms with Crippen molar-refractivity contribution < 1.29 is 26.0 Å². The van der Waals surface area contributed by atoms with Crippen molar-refractivity contribution in [1.29, 1.82) is 0 Å². The molecule has 1 fully saturated rings. The molecule has 0 saturated carbocycles. The third-order valence-electron chi connectivity index (χ3n) is 0.797. The SMILES string of the molecule is [2H]C([2H])([2H])OC(=O)C1([2H])NC([2H])([2H])C([2H])([2H])C([2H])([2H])C1([2H])[2H]. The van der Waals surface area contributed by atoms with Crippen molar-refractivity contribution in [2.75, 3.05) is 13.5 Å². The van der Waals surface area contributed by atoms with Crippen LogP contribution in [0.3, 0.4) is 0 Å². The van der Waals surface area contributed by atoms with E-state index in [-0.39, 0.29) is 0 Å². The lowest BCUT2D eigenvalue weighted by Gasteiger charge is -2.20. The molecule has 10 heavy (non-hydrogen) atoms. The third-order valence-corrected chi connectivity index (χ3v) is 0.797. The molecule has 0 aromatic carbocycles. The second kappa shape index (κ2) is 3.56. The molecule has 0 aliphatic carbocycles. The molecular weight excluding hydrogens is 130 g/mol. The molecule has 1 heterocycles. The molecule has 0 bridgehead atoms. The number of esters is 1. The summed E-state index contributed by atoms with van der Waals surface area (Å²) in [5.74, 6) is -2.08. The Morgan fingerprint density at radius 3 is 3.70 bits per heavy atom. The zero-order chi connectivity index (χ0) is 18.0. The molecule has 1 rings (SSSR count). The highest BCUT2D eigenvalue weighted by Crippen LogP contribution is 2.07. The Hall–Kier alpha value is -0.570. The van der Waals surface area contributed by atoms with Gasteiger partial charge in [0.1, 0.15) is 6.02 Å². The Morgan fingerprint density at radius 1 is 2.00 bits per heavy atom. The molecule has 58 valence electrons. The number of hydrogen-bond acceptors (Lipinski definition) is 3. The van der Waals surface area contributed by atoms with E-state index in [0.717, 1.165) is 0 Å². The standard InChI is InChI=1S/C7H13NO2/c1-10-7(9)6-4-2-3-5-8-6/h6,8H,2-5H2,1H3/i1D3,2D2,3D2,4D2,5D2,6D. The Kier molecular flexibility index (Phi) is 0.520. The third kappa shape index (κ3) is 1.70. The minimum absolute atomic E-state index is 1.41. The highest BCUT2D eigenvalue weighted by Gasteiger charge is 2.20. The molecule has 0 aromatic heterocycles. The summed E-state index contributed by atoms with van der Waals surface area (Å²) in [5.41, 5.74) is 0. The van der Waals surface area contributed by atoms with Crippen LogP contribution < -0.4 is 5.32 Å². The van der Waals surface area contributed by atoms with Crippen LogP contribution in [0.25, 0.3) is 0 Å². The van der Waals surface area contributed by atoms with Crippen LogP contribution in [0.5, 0.6) is 0 Å². The van der Waals surface area contributed by atoms with Crippen LogP contribution in [0.4, 0.5) is 0 Å². The fourth-order valence-corrected chi connectivity index (χ4v) is 0.403. The van der Waals surface area contributed by atoms with Crippen LogP contribution in [0, 0.1) is 0 Å². The summed E-state index contributed by atoms with van der Waals surface area (Å²) in [4.78, 5) is 11.8. The maximum absolute atomic E-state index is 11.8. The average molecular weight is 155 g/mol. The Morgan fingerprint density at radius 2 is 2.90 bits per heavy atom. The molecule has 0 aromatic rings. The van der Waals surface area contributed by atoms with Gasteiger partial charge in [0.05, 0.1) is 12.5 Å². The topological polar surface area (TPSA) is 38.3 Å². The second-order valence-corrected chi connectivity index (χ2v) is 1.39. The van der Waals surface area contributed by atoms with Gasteiger partial charge in [0.2, 0.25) is 0 Å². The van der Waals surface area contributed by atoms with Gasteiger partial charge in [0.25, 0.3) is 0 Å². The first-order valence-corrected chi connectivity index (χ1v) is 2.36. The second-order valence-electron chi connectivity index (χ2n) is 1.39. The monoisotopic (exact) mass is 155 g/mol. The normalized spacial score (nSPS) is 72.4. The molecule has 3 heteroatoms. The van der Waals surface area contributed by atoms with E-state index >= 15 is 0 Å². The quantitative estimate of drug-likeness (QED) is 0.554.